The lowest BCUT2D eigenvalue weighted by atomic mass is 10.3. The summed E-state index contributed by atoms with van der Waals surface area (Å²) in [6.07, 6.45) is 4.82. The smallest absolute Gasteiger partial charge is 0.273 e. The summed E-state index contributed by atoms with van der Waals surface area (Å²) in [5.41, 5.74) is 0.368. The number of unbranched alkanes of at least 4 members (excludes halogenated alkanes) is 1. The van der Waals surface area contributed by atoms with Gasteiger partial charge in [0, 0.05) is 12.6 Å². The molecule has 0 radical (unpaired) electrons. The average Bonchev–Trinajstić information content (AvgIpc) is 2.99. The summed E-state index contributed by atoms with van der Waals surface area (Å²) in [4.78, 5) is 14.1. The molecular weight excluding hydrogens is 266 g/mol. The van der Waals surface area contributed by atoms with Crippen molar-refractivity contribution < 1.29 is 9.32 Å². The van der Waals surface area contributed by atoms with Crippen LogP contribution in [0.15, 0.2) is 10.6 Å². The monoisotopic (exact) mass is 287 g/mol. The Morgan fingerprint density at radius 3 is 2.79 bits per heavy atom. The molecule has 2 rings (SSSR count). The van der Waals surface area contributed by atoms with Crippen molar-refractivity contribution in [1.29, 1.82) is 0 Å². The number of halogens is 1. The van der Waals surface area contributed by atoms with Crippen LogP contribution in [0.4, 0.5) is 0 Å². The number of nitrogens with zero attached hydrogens (tertiary/aromatic N) is 2. The third-order valence-corrected chi connectivity index (χ3v) is 3.25. The highest BCUT2D eigenvalue weighted by atomic mass is 35.5. The van der Waals surface area contributed by atoms with Crippen molar-refractivity contribution in [1.82, 2.24) is 15.4 Å². The summed E-state index contributed by atoms with van der Waals surface area (Å²) < 4.78 is 4.86. The number of aromatic nitrogens is 1. The molecule has 5 nitrogen and oxygen atoms in total. The maximum absolute atomic E-state index is 11.6. The zero-order valence-electron chi connectivity index (χ0n) is 11.4. The van der Waals surface area contributed by atoms with Crippen LogP contribution in [0.3, 0.4) is 0 Å². The highest BCUT2D eigenvalue weighted by Crippen LogP contribution is 2.08. The molecule has 1 aromatic heterocycles. The summed E-state index contributed by atoms with van der Waals surface area (Å²) in [5.74, 6) is 0.516. The Labute approximate surface area is 120 Å². The van der Waals surface area contributed by atoms with Crippen LogP contribution >= 0.6 is 12.4 Å². The van der Waals surface area contributed by atoms with Crippen molar-refractivity contribution in [2.45, 2.75) is 32.6 Å². The molecule has 19 heavy (non-hydrogen) atoms. The molecule has 1 aliphatic heterocycles. The first kappa shape index (κ1) is 16.0. The van der Waals surface area contributed by atoms with E-state index in [2.05, 4.69) is 15.4 Å². The zero-order chi connectivity index (χ0) is 12.8. The Hall–Kier alpha value is -1.07. The van der Waals surface area contributed by atoms with Crippen LogP contribution < -0.4 is 5.32 Å². The first-order chi connectivity index (χ1) is 8.75. The molecule has 1 N–H and O–H groups in total. The molecule has 6 heteroatoms. The Kier molecular flexibility index (Phi) is 6.87. The van der Waals surface area contributed by atoms with Gasteiger partial charge in [0.05, 0.1) is 0 Å². The maximum atomic E-state index is 11.6. The van der Waals surface area contributed by atoms with Gasteiger partial charge in [-0.2, -0.15) is 0 Å². The Morgan fingerprint density at radius 1 is 1.42 bits per heavy atom. The van der Waals surface area contributed by atoms with E-state index in [4.69, 9.17) is 4.52 Å². The first-order valence-electron chi connectivity index (χ1n) is 6.69. The van der Waals surface area contributed by atoms with E-state index < -0.39 is 0 Å². The number of aryl methyl sites for hydroxylation is 1. The summed E-state index contributed by atoms with van der Waals surface area (Å²) in [6.45, 7) is 6.12. The van der Waals surface area contributed by atoms with Gasteiger partial charge in [0.25, 0.3) is 5.91 Å². The van der Waals surface area contributed by atoms with Gasteiger partial charge in [-0.1, -0.05) is 5.16 Å². The molecule has 0 spiro atoms. The number of hydrogen-bond donors (Lipinski definition) is 1. The predicted octanol–water partition coefficient (Wildman–Crippen LogP) is 2.01. The Balaban J connectivity index is 0.00000180. The van der Waals surface area contributed by atoms with Gasteiger partial charge in [-0.15, -0.1) is 12.4 Å². The normalized spacial score (nSPS) is 15.2. The predicted molar refractivity (Wildman–Crippen MR) is 75.7 cm³/mol. The SMILES string of the molecule is Cc1cc(C(=O)NCCCCN2CCCC2)no1.Cl. The van der Waals surface area contributed by atoms with E-state index in [-0.39, 0.29) is 18.3 Å². The number of rotatable bonds is 6. The molecule has 0 aliphatic carbocycles. The van der Waals surface area contributed by atoms with Gasteiger partial charge in [0.1, 0.15) is 5.76 Å². The van der Waals surface area contributed by atoms with E-state index in [9.17, 15) is 4.79 Å². The number of likely N-dealkylation sites (tertiary alicyclic amines) is 1. The van der Waals surface area contributed by atoms with Crippen LogP contribution in [-0.2, 0) is 0 Å². The summed E-state index contributed by atoms with van der Waals surface area (Å²) >= 11 is 0. The second-order valence-electron chi connectivity index (χ2n) is 4.83. The lowest BCUT2D eigenvalue weighted by Gasteiger charge is -2.13. The molecule has 0 atom stereocenters. The first-order valence-corrected chi connectivity index (χ1v) is 6.69. The lowest BCUT2D eigenvalue weighted by molar-refractivity contribution is 0.0943. The molecule has 108 valence electrons. The van der Waals surface area contributed by atoms with Crippen molar-refractivity contribution in [3.05, 3.63) is 17.5 Å². The maximum Gasteiger partial charge on any atom is 0.273 e. The van der Waals surface area contributed by atoms with E-state index in [1.165, 1.54) is 25.9 Å². The lowest BCUT2D eigenvalue weighted by Crippen LogP contribution is -2.26. The van der Waals surface area contributed by atoms with Crippen LogP contribution in [0.2, 0.25) is 0 Å². The van der Waals surface area contributed by atoms with Gasteiger partial charge >= 0.3 is 0 Å². The number of carbonyl (C=O) groups excluding carboxylic acids is 1. The second kappa shape index (κ2) is 8.17. The molecule has 1 aromatic rings. The van der Waals surface area contributed by atoms with Crippen LogP contribution in [0.5, 0.6) is 0 Å². The van der Waals surface area contributed by atoms with E-state index in [0.717, 1.165) is 19.4 Å². The Morgan fingerprint density at radius 2 is 2.16 bits per heavy atom. The number of nitrogens with one attached hydrogen (secondary N) is 1. The molecule has 0 aromatic carbocycles. The van der Waals surface area contributed by atoms with Crippen molar-refractivity contribution in [3.63, 3.8) is 0 Å². The van der Waals surface area contributed by atoms with Gasteiger partial charge in [0.15, 0.2) is 5.69 Å². The van der Waals surface area contributed by atoms with E-state index in [0.29, 0.717) is 18.0 Å². The van der Waals surface area contributed by atoms with E-state index in [1.807, 2.05) is 0 Å². The molecular formula is C13H22ClN3O2. The van der Waals surface area contributed by atoms with Crippen LogP contribution in [0.25, 0.3) is 0 Å². The molecule has 0 bridgehead atoms. The fraction of sp³-hybridized carbons (Fsp3) is 0.692. The van der Waals surface area contributed by atoms with Crippen molar-refractivity contribution in [2.75, 3.05) is 26.2 Å². The fourth-order valence-corrected chi connectivity index (χ4v) is 2.23. The van der Waals surface area contributed by atoms with Gasteiger partial charge in [-0.25, -0.2) is 0 Å². The minimum atomic E-state index is -0.145. The van der Waals surface area contributed by atoms with Gasteiger partial charge in [-0.05, 0) is 52.2 Å². The summed E-state index contributed by atoms with van der Waals surface area (Å²) in [5, 5.41) is 6.54. The standard InChI is InChI=1S/C13H21N3O2.ClH/c1-11-10-12(15-18-11)13(17)14-6-2-3-7-16-8-4-5-9-16;/h10H,2-9H2,1H3,(H,14,17);1H. The van der Waals surface area contributed by atoms with Crippen LogP contribution in [-0.4, -0.2) is 42.1 Å². The van der Waals surface area contributed by atoms with E-state index >= 15 is 0 Å². The highest BCUT2D eigenvalue weighted by molar-refractivity contribution is 5.92. The van der Waals surface area contributed by atoms with Crippen molar-refractivity contribution >= 4 is 18.3 Å². The molecule has 2 heterocycles. The molecule has 0 unspecified atom stereocenters. The highest BCUT2D eigenvalue weighted by Gasteiger charge is 2.11. The average molecular weight is 288 g/mol. The fourth-order valence-electron chi connectivity index (χ4n) is 2.23. The van der Waals surface area contributed by atoms with Gasteiger partial charge in [0.2, 0.25) is 0 Å². The van der Waals surface area contributed by atoms with Crippen LogP contribution in [0, 0.1) is 6.92 Å². The topological polar surface area (TPSA) is 58.4 Å². The molecule has 1 aliphatic rings. The van der Waals surface area contributed by atoms with Crippen molar-refractivity contribution in [2.24, 2.45) is 0 Å². The third-order valence-electron chi connectivity index (χ3n) is 3.25. The van der Waals surface area contributed by atoms with Crippen molar-refractivity contribution in [3.8, 4) is 0 Å². The Bertz CT molecular complexity index is 389. The molecule has 1 amide bonds. The summed E-state index contributed by atoms with van der Waals surface area (Å²) in [7, 11) is 0. The second-order valence-corrected chi connectivity index (χ2v) is 4.83. The number of carbonyl (C=O) groups is 1. The third kappa shape index (κ3) is 5.20. The largest absolute Gasteiger partial charge is 0.361 e. The van der Waals surface area contributed by atoms with Crippen LogP contribution in [0.1, 0.15) is 41.9 Å². The molecule has 1 fully saturated rings. The number of hydrogen-bond acceptors (Lipinski definition) is 4. The minimum Gasteiger partial charge on any atom is -0.361 e. The van der Waals surface area contributed by atoms with Gasteiger partial charge < -0.3 is 14.7 Å². The number of amides is 1. The van der Waals surface area contributed by atoms with E-state index in [1.54, 1.807) is 13.0 Å². The quantitative estimate of drug-likeness (QED) is 0.813. The minimum absolute atomic E-state index is 0. The molecule has 1 saturated heterocycles. The van der Waals surface area contributed by atoms with Gasteiger partial charge in [-0.3, -0.25) is 4.79 Å². The molecule has 0 saturated carbocycles. The summed E-state index contributed by atoms with van der Waals surface area (Å²) in [6, 6.07) is 1.65. The zero-order valence-corrected chi connectivity index (χ0v) is 12.2.